The zero-order chi connectivity index (χ0) is 15.4. The number of hydrogen-bond donors (Lipinski definition) is 3. The van der Waals surface area contributed by atoms with Gasteiger partial charge in [0.05, 0.1) is 16.3 Å². The highest BCUT2D eigenvalue weighted by Crippen LogP contribution is 2.34. The topological polar surface area (TPSA) is 110 Å². The Labute approximate surface area is 129 Å². The second-order valence-corrected chi connectivity index (χ2v) is 6.10. The maximum atomic E-state index is 11.5. The molecule has 9 heteroatoms. The number of hydrogen-bond acceptors (Lipinski definition) is 7. The van der Waals surface area contributed by atoms with Gasteiger partial charge in [-0.15, -0.1) is 11.3 Å². The second-order valence-electron chi connectivity index (χ2n) is 4.24. The second kappa shape index (κ2) is 6.74. The number of amides is 2. The minimum Gasteiger partial charge on any atom is -0.330 e. The van der Waals surface area contributed by atoms with Gasteiger partial charge in [-0.25, -0.2) is 9.97 Å². The van der Waals surface area contributed by atoms with Crippen LogP contribution in [0.15, 0.2) is 5.38 Å². The molecular formula is C12H15N5O2S2. The lowest BCUT2D eigenvalue weighted by molar-refractivity contribution is -0.116. The van der Waals surface area contributed by atoms with Crippen LogP contribution in [0.4, 0.5) is 10.3 Å². The Morgan fingerprint density at radius 3 is 2.71 bits per heavy atom. The third kappa shape index (κ3) is 4.06. The van der Waals surface area contributed by atoms with Crippen molar-refractivity contribution in [3.63, 3.8) is 0 Å². The average molecular weight is 325 g/mol. The van der Waals surface area contributed by atoms with E-state index in [0.717, 1.165) is 16.3 Å². The first kappa shape index (κ1) is 15.5. The largest absolute Gasteiger partial charge is 0.330 e. The Bertz CT molecular complexity index is 664. The Kier molecular flexibility index (Phi) is 4.99. The number of nitrogens with one attached hydrogen (secondary N) is 2. The van der Waals surface area contributed by atoms with E-state index < -0.39 is 0 Å². The van der Waals surface area contributed by atoms with Crippen LogP contribution in [0.2, 0.25) is 0 Å². The highest BCUT2D eigenvalue weighted by Gasteiger charge is 2.14. The van der Waals surface area contributed by atoms with Gasteiger partial charge in [0.25, 0.3) is 0 Å². The number of aromatic nitrogens is 2. The number of carbonyl (C=O) groups excluding carboxylic acids is 2. The minimum atomic E-state index is -0.164. The molecule has 21 heavy (non-hydrogen) atoms. The number of nitrogens with two attached hydrogens (primary N) is 1. The van der Waals surface area contributed by atoms with E-state index >= 15 is 0 Å². The van der Waals surface area contributed by atoms with E-state index in [1.165, 1.54) is 29.6 Å². The van der Waals surface area contributed by atoms with E-state index in [0.29, 0.717) is 16.8 Å². The van der Waals surface area contributed by atoms with Crippen LogP contribution in [0, 0.1) is 6.92 Å². The fourth-order valence-electron chi connectivity index (χ4n) is 1.59. The summed E-state index contributed by atoms with van der Waals surface area (Å²) >= 11 is 2.69. The molecule has 0 aliphatic rings. The molecule has 0 aromatic carbocycles. The van der Waals surface area contributed by atoms with Crippen molar-refractivity contribution in [2.24, 2.45) is 5.73 Å². The lowest BCUT2D eigenvalue weighted by atomic mass is 10.3. The first-order valence-corrected chi connectivity index (χ1v) is 7.90. The molecule has 0 bridgehead atoms. The Balaban J connectivity index is 2.15. The van der Waals surface area contributed by atoms with Gasteiger partial charge in [0, 0.05) is 25.3 Å². The summed E-state index contributed by atoms with van der Waals surface area (Å²) in [7, 11) is 0. The van der Waals surface area contributed by atoms with Crippen LogP contribution in [-0.4, -0.2) is 28.3 Å². The van der Waals surface area contributed by atoms with Crippen LogP contribution >= 0.6 is 22.7 Å². The fourth-order valence-corrected chi connectivity index (χ4v) is 3.35. The van der Waals surface area contributed by atoms with E-state index in [1.54, 1.807) is 0 Å². The third-order valence-corrected chi connectivity index (χ3v) is 4.29. The van der Waals surface area contributed by atoms with Crippen molar-refractivity contribution < 1.29 is 9.59 Å². The normalized spacial score (nSPS) is 10.4. The summed E-state index contributed by atoms with van der Waals surface area (Å²) in [6, 6.07) is 0. The molecule has 0 saturated carbocycles. The maximum absolute atomic E-state index is 11.5. The monoisotopic (exact) mass is 325 g/mol. The standard InChI is InChI=1S/C12H15N5O2S2/c1-6-10(21-12(14-6)15-7(2)18)8-5-20-11(16-8)17-9(19)3-4-13/h5H,3-4,13H2,1-2H3,(H,14,15,18)(H,16,17,19). The molecule has 2 aromatic rings. The summed E-state index contributed by atoms with van der Waals surface area (Å²) in [5.41, 5.74) is 6.84. The maximum Gasteiger partial charge on any atom is 0.227 e. The highest BCUT2D eigenvalue weighted by molar-refractivity contribution is 7.20. The SMILES string of the molecule is CC(=O)Nc1nc(C)c(-c2csc(NC(=O)CCN)n2)s1. The summed E-state index contributed by atoms with van der Waals surface area (Å²) < 4.78 is 0. The third-order valence-electron chi connectivity index (χ3n) is 2.43. The van der Waals surface area contributed by atoms with Crippen LogP contribution < -0.4 is 16.4 Å². The van der Waals surface area contributed by atoms with Gasteiger partial charge in [0.15, 0.2) is 10.3 Å². The van der Waals surface area contributed by atoms with Gasteiger partial charge in [-0.2, -0.15) is 0 Å². The molecule has 7 nitrogen and oxygen atoms in total. The molecule has 112 valence electrons. The summed E-state index contributed by atoms with van der Waals surface area (Å²) in [5.74, 6) is -0.318. The van der Waals surface area contributed by atoms with Gasteiger partial charge in [-0.05, 0) is 6.92 Å². The number of aryl methyl sites for hydroxylation is 1. The predicted octanol–water partition coefficient (Wildman–Crippen LogP) is 1.82. The van der Waals surface area contributed by atoms with Gasteiger partial charge < -0.3 is 16.4 Å². The quantitative estimate of drug-likeness (QED) is 0.776. The summed E-state index contributed by atoms with van der Waals surface area (Å²) in [6.07, 6.45) is 0.265. The number of anilines is 2. The predicted molar refractivity (Wildman–Crippen MR) is 84.6 cm³/mol. The Morgan fingerprint density at radius 1 is 1.29 bits per heavy atom. The molecule has 0 atom stereocenters. The van der Waals surface area contributed by atoms with Crippen molar-refractivity contribution >= 4 is 44.8 Å². The smallest absolute Gasteiger partial charge is 0.227 e. The average Bonchev–Trinajstić information content (AvgIpc) is 2.95. The minimum absolute atomic E-state index is 0.154. The number of rotatable bonds is 5. The van der Waals surface area contributed by atoms with Gasteiger partial charge in [0.2, 0.25) is 11.8 Å². The van der Waals surface area contributed by atoms with E-state index in [4.69, 9.17) is 5.73 Å². The van der Waals surface area contributed by atoms with Crippen molar-refractivity contribution in [2.75, 3.05) is 17.2 Å². The van der Waals surface area contributed by atoms with Crippen molar-refractivity contribution in [3.8, 4) is 10.6 Å². The zero-order valence-electron chi connectivity index (χ0n) is 11.6. The Hall–Kier alpha value is -1.84. The van der Waals surface area contributed by atoms with Crippen LogP contribution in [0.25, 0.3) is 10.6 Å². The number of thiazole rings is 2. The molecule has 0 saturated heterocycles. The summed E-state index contributed by atoms with van der Waals surface area (Å²) in [4.78, 5) is 32.0. The molecular weight excluding hydrogens is 310 g/mol. The van der Waals surface area contributed by atoms with E-state index in [2.05, 4.69) is 20.6 Å². The summed E-state index contributed by atoms with van der Waals surface area (Å²) in [5, 5.41) is 8.25. The van der Waals surface area contributed by atoms with Crippen LogP contribution in [0.5, 0.6) is 0 Å². The molecule has 4 N–H and O–H groups in total. The van der Waals surface area contributed by atoms with Crippen molar-refractivity contribution in [3.05, 3.63) is 11.1 Å². The molecule has 0 fully saturated rings. The zero-order valence-corrected chi connectivity index (χ0v) is 13.2. The molecule has 0 radical (unpaired) electrons. The molecule has 0 unspecified atom stereocenters. The van der Waals surface area contributed by atoms with Crippen LogP contribution in [0.3, 0.4) is 0 Å². The van der Waals surface area contributed by atoms with Gasteiger partial charge in [-0.3, -0.25) is 9.59 Å². The fraction of sp³-hybridized carbons (Fsp3) is 0.333. The van der Waals surface area contributed by atoms with Crippen LogP contribution in [0.1, 0.15) is 19.0 Å². The van der Waals surface area contributed by atoms with Crippen molar-refractivity contribution in [1.82, 2.24) is 9.97 Å². The van der Waals surface area contributed by atoms with Crippen molar-refractivity contribution in [1.29, 1.82) is 0 Å². The van der Waals surface area contributed by atoms with Crippen LogP contribution in [-0.2, 0) is 9.59 Å². The van der Waals surface area contributed by atoms with E-state index in [9.17, 15) is 9.59 Å². The van der Waals surface area contributed by atoms with Gasteiger partial charge in [-0.1, -0.05) is 11.3 Å². The molecule has 2 heterocycles. The molecule has 2 rings (SSSR count). The van der Waals surface area contributed by atoms with Crippen molar-refractivity contribution in [2.45, 2.75) is 20.3 Å². The first-order chi connectivity index (χ1) is 9.99. The molecule has 2 amide bonds. The molecule has 0 spiro atoms. The van der Waals surface area contributed by atoms with E-state index in [1.807, 2.05) is 12.3 Å². The highest BCUT2D eigenvalue weighted by atomic mass is 32.1. The molecule has 0 aliphatic heterocycles. The van der Waals surface area contributed by atoms with Gasteiger partial charge in [0.1, 0.15) is 0 Å². The first-order valence-electron chi connectivity index (χ1n) is 6.20. The Morgan fingerprint density at radius 2 is 2.05 bits per heavy atom. The lowest BCUT2D eigenvalue weighted by Crippen LogP contribution is -2.15. The van der Waals surface area contributed by atoms with Gasteiger partial charge >= 0.3 is 0 Å². The summed E-state index contributed by atoms with van der Waals surface area (Å²) in [6.45, 7) is 3.59. The molecule has 2 aromatic heterocycles. The number of nitrogens with zero attached hydrogens (tertiary/aromatic N) is 2. The lowest BCUT2D eigenvalue weighted by Gasteiger charge is -1.98. The molecule has 0 aliphatic carbocycles. The number of carbonyl (C=O) groups is 2. The van der Waals surface area contributed by atoms with E-state index in [-0.39, 0.29) is 18.2 Å².